The Bertz CT molecular complexity index is 636. The van der Waals surface area contributed by atoms with E-state index in [1.807, 2.05) is 24.3 Å². The molecule has 1 aromatic heterocycles. The van der Waals surface area contributed by atoms with Crippen LogP contribution in [0, 0.1) is 5.92 Å². The molecule has 1 saturated carbocycles. The second kappa shape index (κ2) is 9.33. The lowest BCUT2D eigenvalue weighted by Crippen LogP contribution is -2.11. The number of benzene rings is 1. The smallest absolute Gasteiger partial charge is 0.212 e. The fourth-order valence-electron chi connectivity index (χ4n) is 3.30. The molecule has 132 valence electrons. The second-order valence-electron chi connectivity index (χ2n) is 6.48. The van der Waals surface area contributed by atoms with Gasteiger partial charge in [0.05, 0.1) is 5.69 Å². The molecule has 1 heterocycles. The summed E-state index contributed by atoms with van der Waals surface area (Å²) >= 11 is 6.04. The zero-order valence-corrected chi connectivity index (χ0v) is 15.8. The highest BCUT2D eigenvalue weighted by molar-refractivity contribution is 6.30. The molecule has 1 fully saturated rings. The van der Waals surface area contributed by atoms with Crippen molar-refractivity contribution in [3.63, 3.8) is 0 Å². The number of ether oxygens (including phenoxy) is 1. The monoisotopic (exact) mass is 368 g/mol. The molecule has 0 unspecified atom stereocenters. The summed E-state index contributed by atoms with van der Waals surface area (Å²) in [6.45, 7) is 3.69. The van der Waals surface area contributed by atoms with Crippen LogP contribution in [-0.2, 0) is 19.6 Å². The van der Waals surface area contributed by atoms with Crippen LogP contribution < -0.4 is 4.74 Å². The van der Waals surface area contributed by atoms with E-state index >= 15 is 0 Å². The van der Waals surface area contributed by atoms with Gasteiger partial charge in [0.2, 0.25) is 5.88 Å². The zero-order valence-electron chi connectivity index (χ0n) is 14.2. The average Bonchev–Trinajstić information content (AvgIpc) is 3.16. The molecule has 0 radical (unpaired) electrons. The Morgan fingerprint density at radius 2 is 2.04 bits per heavy atom. The molecule has 2 aromatic rings. The lowest BCUT2D eigenvalue weighted by molar-refractivity contribution is 0.261. The predicted octanol–water partition coefficient (Wildman–Crippen LogP) is 5.68. The summed E-state index contributed by atoms with van der Waals surface area (Å²) in [5.74, 6) is 1.64. The predicted molar refractivity (Wildman–Crippen MR) is 101 cm³/mol. The number of hydrogen-bond acceptors (Lipinski definition) is 2. The highest BCUT2D eigenvalue weighted by Gasteiger charge is 2.18. The molecule has 1 aliphatic rings. The summed E-state index contributed by atoms with van der Waals surface area (Å²) in [4.78, 5) is 0. The van der Waals surface area contributed by atoms with Crippen LogP contribution in [0.25, 0.3) is 0 Å². The van der Waals surface area contributed by atoms with E-state index in [0.29, 0.717) is 6.61 Å². The molecule has 0 saturated heterocycles. The topological polar surface area (TPSA) is 27.1 Å². The third kappa shape index (κ3) is 5.15. The molecule has 0 amide bonds. The Morgan fingerprint density at radius 1 is 1.25 bits per heavy atom. The van der Waals surface area contributed by atoms with E-state index in [4.69, 9.17) is 21.4 Å². The van der Waals surface area contributed by atoms with E-state index < -0.39 is 0 Å². The molecule has 1 aliphatic carbocycles. The van der Waals surface area contributed by atoms with E-state index in [0.717, 1.165) is 47.5 Å². The van der Waals surface area contributed by atoms with Gasteiger partial charge in [0.25, 0.3) is 0 Å². The van der Waals surface area contributed by atoms with E-state index in [-0.39, 0.29) is 12.4 Å². The first-order valence-electron chi connectivity index (χ1n) is 8.68. The minimum atomic E-state index is 0. The Hall–Kier alpha value is -1.19. The molecular formula is C19H26Cl2N2O. The largest absolute Gasteiger partial charge is 0.473 e. The standard InChI is InChI=1S/C19H25ClN2O.ClH/c1-2-6-18-12-19(22(21-18)13-15-7-3-4-8-15)23-14-16-9-5-10-17(20)11-16;/h5,9-12,15H,2-4,6-8,13-14H2,1H3;1H. The molecule has 0 aliphatic heterocycles. The second-order valence-corrected chi connectivity index (χ2v) is 6.91. The normalized spacial score (nSPS) is 14.6. The number of nitrogens with zero attached hydrogens (tertiary/aromatic N) is 2. The van der Waals surface area contributed by atoms with Crippen LogP contribution in [0.5, 0.6) is 5.88 Å². The van der Waals surface area contributed by atoms with Crippen LogP contribution >= 0.6 is 24.0 Å². The van der Waals surface area contributed by atoms with Gasteiger partial charge in [-0.15, -0.1) is 12.4 Å². The molecule has 3 rings (SSSR count). The molecule has 24 heavy (non-hydrogen) atoms. The summed E-state index contributed by atoms with van der Waals surface area (Å²) in [5, 5.41) is 5.51. The maximum atomic E-state index is 6.06. The van der Waals surface area contributed by atoms with Gasteiger partial charge in [-0.3, -0.25) is 0 Å². The first kappa shape index (κ1) is 19.1. The minimum Gasteiger partial charge on any atom is -0.473 e. The SMILES string of the molecule is CCCc1cc(OCc2cccc(Cl)c2)n(CC2CCCC2)n1.Cl. The van der Waals surface area contributed by atoms with Crippen LogP contribution in [0.2, 0.25) is 5.02 Å². The van der Waals surface area contributed by atoms with Crippen molar-refractivity contribution in [1.82, 2.24) is 9.78 Å². The van der Waals surface area contributed by atoms with E-state index in [1.54, 1.807) is 0 Å². The summed E-state index contributed by atoms with van der Waals surface area (Å²) in [6.07, 6.45) is 7.45. The average molecular weight is 369 g/mol. The molecule has 0 N–H and O–H groups in total. The molecule has 3 nitrogen and oxygen atoms in total. The molecule has 5 heteroatoms. The maximum absolute atomic E-state index is 6.06. The van der Waals surface area contributed by atoms with Crippen molar-refractivity contribution >= 4 is 24.0 Å². The maximum Gasteiger partial charge on any atom is 0.212 e. The highest BCUT2D eigenvalue weighted by Crippen LogP contribution is 2.28. The molecular weight excluding hydrogens is 343 g/mol. The summed E-state index contributed by atoms with van der Waals surface area (Å²) < 4.78 is 8.13. The van der Waals surface area contributed by atoms with Crippen LogP contribution in [-0.4, -0.2) is 9.78 Å². The fourth-order valence-corrected chi connectivity index (χ4v) is 3.51. The van der Waals surface area contributed by atoms with Gasteiger partial charge in [0.15, 0.2) is 0 Å². The zero-order chi connectivity index (χ0) is 16.1. The fraction of sp³-hybridized carbons (Fsp3) is 0.526. The molecule has 1 aromatic carbocycles. The number of rotatable bonds is 7. The quantitative estimate of drug-likeness (QED) is 0.628. The van der Waals surface area contributed by atoms with E-state index in [1.165, 1.54) is 25.7 Å². The van der Waals surface area contributed by atoms with Crippen molar-refractivity contribution in [3.8, 4) is 5.88 Å². The molecule has 0 bridgehead atoms. The van der Waals surface area contributed by atoms with Crippen molar-refractivity contribution in [2.45, 2.75) is 58.6 Å². The summed E-state index contributed by atoms with van der Waals surface area (Å²) in [6, 6.07) is 9.93. The van der Waals surface area contributed by atoms with Crippen LogP contribution in [0.4, 0.5) is 0 Å². The Morgan fingerprint density at radius 3 is 2.75 bits per heavy atom. The van der Waals surface area contributed by atoms with Gasteiger partial charge < -0.3 is 4.74 Å². The molecule has 0 spiro atoms. The number of aryl methyl sites for hydroxylation is 1. The lowest BCUT2D eigenvalue weighted by Gasteiger charge is -2.13. The summed E-state index contributed by atoms with van der Waals surface area (Å²) in [7, 11) is 0. The van der Waals surface area contributed by atoms with Crippen LogP contribution in [0.3, 0.4) is 0 Å². The third-order valence-corrected chi connectivity index (χ3v) is 4.72. The Kier molecular flexibility index (Phi) is 7.44. The Labute approximate surface area is 155 Å². The van der Waals surface area contributed by atoms with Crippen molar-refractivity contribution in [2.24, 2.45) is 5.92 Å². The van der Waals surface area contributed by atoms with Crippen LogP contribution in [0.1, 0.15) is 50.3 Å². The third-order valence-electron chi connectivity index (χ3n) is 4.48. The van der Waals surface area contributed by atoms with Crippen molar-refractivity contribution in [2.75, 3.05) is 0 Å². The van der Waals surface area contributed by atoms with Gasteiger partial charge in [-0.25, -0.2) is 4.68 Å². The van der Waals surface area contributed by atoms with Crippen molar-refractivity contribution < 1.29 is 4.74 Å². The lowest BCUT2D eigenvalue weighted by atomic mass is 10.1. The Balaban J connectivity index is 0.00000208. The van der Waals surface area contributed by atoms with E-state index in [9.17, 15) is 0 Å². The van der Waals surface area contributed by atoms with Gasteiger partial charge in [-0.2, -0.15) is 5.10 Å². The van der Waals surface area contributed by atoms with E-state index in [2.05, 4.69) is 17.7 Å². The van der Waals surface area contributed by atoms with Crippen LogP contribution in [0.15, 0.2) is 30.3 Å². The first-order valence-corrected chi connectivity index (χ1v) is 9.06. The van der Waals surface area contributed by atoms with Gasteiger partial charge in [-0.05, 0) is 42.9 Å². The summed E-state index contributed by atoms with van der Waals surface area (Å²) in [5.41, 5.74) is 2.22. The van der Waals surface area contributed by atoms with Crippen molar-refractivity contribution in [1.29, 1.82) is 0 Å². The van der Waals surface area contributed by atoms with Gasteiger partial charge >= 0.3 is 0 Å². The van der Waals surface area contributed by atoms with Gasteiger partial charge in [-0.1, -0.05) is 49.9 Å². The number of aromatic nitrogens is 2. The van der Waals surface area contributed by atoms with Gasteiger partial charge in [0.1, 0.15) is 6.61 Å². The van der Waals surface area contributed by atoms with Gasteiger partial charge in [0, 0.05) is 17.6 Å². The highest BCUT2D eigenvalue weighted by atomic mass is 35.5. The molecule has 0 atom stereocenters. The minimum absolute atomic E-state index is 0. The van der Waals surface area contributed by atoms with Crippen molar-refractivity contribution in [3.05, 3.63) is 46.6 Å². The number of halogens is 2. The number of hydrogen-bond donors (Lipinski definition) is 0. The first-order chi connectivity index (χ1) is 11.2.